The maximum Gasteiger partial charge on any atom is 0.267 e. The van der Waals surface area contributed by atoms with Crippen molar-refractivity contribution >= 4 is 29.0 Å². The third-order valence-corrected chi connectivity index (χ3v) is 3.53. The largest absolute Gasteiger partial charge is 0.341 e. The van der Waals surface area contributed by atoms with Crippen molar-refractivity contribution in [1.29, 1.82) is 0 Å². The highest BCUT2D eigenvalue weighted by Gasteiger charge is 2.27. The number of carbonyl (C=O) groups excluding carboxylic acids is 1. The standard InChI is InChI=1S/C12H20ClN3OS/c1-8(13)6-7-16(5)11(17)9-10(12(2,3)4)14-15-18-9/h8H,6-7H2,1-5H3. The van der Waals surface area contributed by atoms with Crippen LogP contribution in [0.2, 0.25) is 0 Å². The SMILES string of the molecule is CC(Cl)CCN(C)C(=O)c1snnc1C(C)(C)C. The molecule has 0 bridgehead atoms. The lowest BCUT2D eigenvalue weighted by Crippen LogP contribution is -2.30. The Hall–Kier alpha value is -0.680. The van der Waals surface area contributed by atoms with Gasteiger partial charge in [0, 0.05) is 24.4 Å². The molecule has 0 spiro atoms. The Labute approximate surface area is 117 Å². The van der Waals surface area contributed by atoms with Crippen LogP contribution < -0.4 is 0 Å². The fourth-order valence-electron chi connectivity index (χ4n) is 1.47. The van der Waals surface area contributed by atoms with E-state index in [2.05, 4.69) is 9.59 Å². The number of aromatic nitrogens is 2. The summed E-state index contributed by atoms with van der Waals surface area (Å²) < 4.78 is 3.91. The zero-order chi connectivity index (χ0) is 13.9. The highest BCUT2D eigenvalue weighted by molar-refractivity contribution is 7.08. The lowest BCUT2D eigenvalue weighted by atomic mass is 9.91. The summed E-state index contributed by atoms with van der Waals surface area (Å²) in [5, 5.41) is 4.15. The minimum Gasteiger partial charge on any atom is -0.341 e. The molecule has 0 N–H and O–H groups in total. The van der Waals surface area contributed by atoms with Crippen LogP contribution in [0.1, 0.15) is 49.5 Å². The van der Waals surface area contributed by atoms with Gasteiger partial charge in [-0.25, -0.2) is 0 Å². The number of hydrogen-bond acceptors (Lipinski definition) is 4. The molecule has 1 heterocycles. The summed E-state index contributed by atoms with van der Waals surface area (Å²) in [6.45, 7) is 8.66. The van der Waals surface area contributed by atoms with Crippen molar-refractivity contribution in [2.24, 2.45) is 0 Å². The molecule has 0 fully saturated rings. The number of carbonyl (C=O) groups is 1. The van der Waals surface area contributed by atoms with Gasteiger partial charge in [0.25, 0.3) is 5.91 Å². The van der Waals surface area contributed by atoms with E-state index in [1.54, 1.807) is 11.9 Å². The van der Waals surface area contributed by atoms with Crippen molar-refractivity contribution < 1.29 is 4.79 Å². The van der Waals surface area contributed by atoms with E-state index in [0.29, 0.717) is 11.4 Å². The van der Waals surface area contributed by atoms with Crippen LogP contribution in [0.5, 0.6) is 0 Å². The van der Waals surface area contributed by atoms with E-state index in [1.165, 1.54) is 0 Å². The Morgan fingerprint density at radius 3 is 2.61 bits per heavy atom. The third kappa shape index (κ3) is 3.92. The second-order valence-electron chi connectivity index (χ2n) is 5.50. The van der Waals surface area contributed by atoms with Crippen LogP contribution in [0, 0.1) is 0 Å². The molecule has 0 aliphatic carbocycles. The lowest BCUT2D eigenvalue weighted by molar-refractivity contribution is 0.0795. The molecule has 1 aromatic rings. The zero-order valence-electron chi connectivity index (χ0n) is 11.5. The fraction of sp³-hybridized carbons (Fsp3) is 0.750. The molecule has 0 aliphatic rings. The molecule has 0 aliphatic heterocycles. The maximum absolute atomic E-state index is 12.3. The minimum absolute atomic E-state index is 0.0211. The monoisotopic (exact) mass is 289 g/mol. The van der Waals surface area contributed by atoms with Crippen molar-refractivity contribution in [2.75, 3.05) is 13.6 Å². The van der Waals surface area contributed by atoms with E-state index < -0.39 is 0 Å². The summed E-state index contributed by atoms with van der Waals surface area (Å²) in [4.78, 5) is 14.6. The van der Waals surface area contributed by atoms with Crippen molar-refractivity contribution in [3.05, 3.63) is 10.6 Å². The normalized spacial score (nSPS) is 13.4. The maximum atomic E-state index is 12.3. The zero-order valence-corrected chi connectivity index (χ0v) is 13.1. The Morgan fingerprint density at radius 1 is 1.50 bits per heavy atom. The number of hydrogen-bond donors (Lipinski definition) is 0. The van der Waals surface area contributed by atoms with E-state index in [4.69, 9.17) is 11.6 Å². The van der Waals surface area contributed by atoms with Crippen molar-refractivity contribution in [3.63, 3.8) is 0 Å². The summed E-state index contributed by atoms with van der Waals surface area (Å²) in [5.41, 5.74) is 0.599. The summed E-state index contributed by atoms with van der Waals surface area (Å²) in [6, 6.07) is 0. The van der Waals surface area contributed by atoms with Gasteiger partial charge in [0.15, 0.2) is 0 Å². The third-order valence-electron chi connectivity index (χ3n) is 2.60. The molecule has 1 rings (SSSR count). The van der Waals surface area contributed by atoms with Gasteiger partial charge in [-0.05, 0) is 24.9 Å². The summed E-state index contributed by atoms with van der Waals surface area (Å²) in [6.07, 6.45) is 0.779. The summed E-state index contributed by atoms with van der Waals surface area (Å²) in [5.74, 6) is -0.0211. The van der Waals surface area contributed by atoms with E-state index in [9.17, 15) is 4.79 Å². The molecule has 4 nitrogen and oxygen atoms in total. The average molecular weight is 290 g/mol. The molecule has 0 radical (unpaired) electrons. The number of nitrogens with zero attached hydrogens (tertiary/aromatic N) is 3. The summed E-state index contributed by atoms with van der Waals surface area (Å²) in [7, 11) is 1.79. The highest BCUT2D eigenvalue weighted by Crippen LogP contribution is 2.26. The fourth-order valence-corrected chi connectivity index (χ4v) is 2.44. The van der Waals surface area contributed by atoms with Gasteiger partial charge in [-0.15, -0.1) is 16.7 Å². The quantitative estimate of drug-likeness (QED) is 0.801. The second-order valence-corrected chi connectivity index (χ2v) is 7.00. The first kappa shape index (κ1) is 15.4. The molecule has 0 saturated heterocycles. The molecule has 0 aromatic carbocycles. The minimum atomic E-state index is -0.168. The van der Waals surface area contributed by atoms with E-state index in [1.807, 2.05) is 27.7 Å². The first-order valence-corrected chi connectivity index (χ1v) is 7.17. The van der Waals surface area contributed by atoms with Gasteiger partial charge >= 0.3 is 0 Å². The molecular weight excluding hydrogens is 270 g/mol. The lowest BCUT2D eigenvalue weighted by Gasteiger charge is -2.20. The van der Waals surface area contributed by atoms with Gasteiger partial charge in [0.1, 0.15) is 4.88 Å². The molecule has 1 unspecified atom stereocenters. The first-order chi connectivity index (χ1) is 8.23. The summed E-state index contributed by atoms with van der Waals surface area (Å²) >= 11 is 7.06. The van der Waals surface area contributed by atoms with Crippen LogP contribution >= 0.6 is 23.1 Å². The van der Waals surface area contributed by atoms with Gasteiger partial charge in [-0.2, -0.15) is 0 Å². The smallest absolute Gasteiger partial charge is 0.267 e. The molecule has 1 amide bonds. The number of halogens is 1. The number of alkyl halides is 1. The van der Waals surface area contributed by atoms with Crippen LogP contribution in [-0.4, -0.2) is 39.4 Å². The van der Waals surface area contributed by atoms with Crippen LogP contribution in [0.25, 0.3) is 0 Å². The van der Waals surface area contributed by atoms with Gasteiger partial charge in [0.05, 0.1) is 5.69 Å². The van der Waals surface area contributed by atoms with Crippen LogP contribution in [0.4, 0.5) is 0 Å². The molecule has 18 heavy (non-hydrogen) atoms. The van der Waals surface area contributed by atoms with Gasteiger partial charge in [0.2, 0.25) is 0 Å². The topological polar surface area (TPSA) is 46.1 Å². The Kier molecular flexibility index (Phi) is 5.10. The molecule has 0 saturated carbocycles. The van der Waals surface area contributed by atoms with E-state index in [0.717, 1.165) is 23.6 Å². The predicted octanol–water partition coefficient (Wildman–Crippen LogP) is 2.93. The van der Waals surface area contributed by atoms with Gasteiger partial charge in [-0.1, -0.05) is 25.3 Å². The predicted molar refractivity (Wildman–Crippen MR) is 75.5 cm³/mol. The van der Waals surface area contributed by atoms with Crippen LogP contribution in [0.3, 0.4) is 0 Å². The molecular formula is C12H20ClN3OS. The molecule has 1 atom stereocenters. The van der Waals surface area contributed by atoms with Crippen molar-refractivity contribution in [3.8, 4) is 0 Å². The Bertz CT molecular complexity index is 412. The Morgan fingerprint density at radius 2 is 2.11 bits per heavy atom. The van der Waals surface area contributed by atoms with E-state index in [-0.39, 0.29) is 16.7 Å². The van der Waals surface area contributed by atoms with Gasteiger partial charge < -0.3 is 4.90 Å². The first-order valence-electron chi connectivity index (χ1n) is 5.96. The van der Waals surface area contributed by atoms with Crippen molar-refractivity contribution in [1.82, 2.24) is 14.5 Å². The number of rotatable bonds is 4. The van der Waals surface area contributed by atoms with Crippen LogP contribution in [0.15, 0.2) is 0 Å². The molecule has 102 valence electrons. The second kappa shape index (κ2) is 5.97. The molecule has 6 heteroatoms. The molecule has 1 aromatic heterocycles. The average Bonchev–Trinajstić information content (AvgIpc) is 2.72. The van der Waals surface area contributed by atoms with E-state index >= 15 is 0 Å². The van der Waals surface area contributed by atoms with Gasteiger partial charge in [-0.3, -0.25) is 4.79 Å². The Balaban J connectivity index is 2.81. The van der Waals surface area contributed by atoms with Crippen molar-refractivity contribution in [2.45, 2.75) is 44.9 Å². The highest BCUT2D eigenvalue weighted by atomic mass is 35.5. The van der Waals surface area contributed by atoms with Crippen LogP contribution in [-0.2, 0) is 5.41 Å². The number of amides is 1.